The first-order valence-electron chi connectivity index (χ1n) is 15.4. The van der Waals surface area contributed by atoms with Crippen molar-refractivity contribution < 1.29 is 38.7 Å². The standard InChI is InChI=1S/C30H54O8/c1-3-4-5-6-7-8-9-10-13-16-19-24-20-17-14-11-12-15-18-21-26(32)35-22-25-27(33)28(34)29(36-23(2)31)30(37-24)38-25/h24-25,27-30,33-34H,3-22H2,1-2H3. The first-order valence-corrected chi connectivity index (χ1v) is 15.4. The molecular weight excluding hydrogens is 488 g/mol. The quantitative estimate of drug-likeness (QED) is 0.237. The van der Waals surface area contributed by atoms with Gasteiger partial charge in [-0.15, -0.1) is 0 Å². The van der Waals surface area contributed by atoms with Crippen LogP contribution >= 0.6 is 0 Å². The molecule has 2 bridgehead atoms. The zero-order chi connectivity index (χ0) is 27.6. The molecule has 2 N–H and O–H groups in total. The van der Waals surface area contributed by atoms with Crippen molar-refractivity contribution in [1.29, 1.82) is 0 Å². The summed E-state index contributed by atoms with van der Waals surface area (Å²) < 4.78 is 23.0. The zero-order valence-corrected chi connectivity index (χ0v) is 24.0. The van der Waals surface area contributed by atoms with Gasteiger partial charge >= 0.3 is 11.9 Å². The van der Waals surface area contributed by atoms with E-state index in [1.807, 2.05) is 0 Å². The number of aliphatic hydroxyl groups excluding tert-OH is 2. The van der Waals surface area contributed by atoms with E-state index >= 15 is 0 Å². The average molecular weight is 543 g/mol. The second-order valence-electron chi connectivity index (χ2n) is 11.2. The van der Waals surface area contributed by atoms with E-state index in [-0.39, 0.29) is 18.7 Å². The lowest BCUT2D eigenvalue weighted by Crippen LogP contribution is -2.61. The summed E-state index contributed by atoms with van der Waals surface area (Å²) in [6.45, 7) is 3.31. The van der Waals surface area contributed by atoms with E-state index in [1.165, 1.54) is 58.3 Å². The highest BCUT2D eigenvalue weighted by Crippen LogP contribution is 2.28. The Morgan fingerprint density at radius 1 is 0.842 bits per heavy atom. The van der Waals surface area contributed by atoms with Crippen LogP contribution in [0.2, 0.25) is 0 Å². The maximum absolute atomic E-state index is 12.1. The van der Waals surface area contributed by atoms with Crippen molar-refractivity contribution in [3.63, 3.8) is 0 Å². The lowest BCUT2D eigenvalue weighted by molar-refractivity contribution is -0.315. The van der Waals surface area contributed by atoms with E-state index in [4.69, 9.17) is 18.9 Å². The number of ether oxygens (including phenoxy) is 4. The summed E-state index contributed by atoms with van der Waals surface area (Å²) in [6, 6.07) is 0. The first kappa shape index (κ1) is 33.0. The molecule has 6 atom stereocenters. The number of hydrogen-bond donors (Lipinski definition) is 2. The van der Waals surface area contributed by atoms with Crippen LogP contribution in [0.3, 0.4) is 0 Å². The van der Waals surface area contributed by atoms with Crippen LogP contribution in [0.1, 0.15) is 136 Å². The number of aliphatic hydroxyl groups is 2. The number of hydrogen-bond acceptors (Lipinski definition) is 8. The smallest absolute Gasteiger partial charge is 0.305 e. The van der Waals surface area contributed by atoms with E-state index in [0.717, 1.165) is 64.2 Å². The molecule has 0 radical (unpaired) electrons. The fourth-order valence-electron chi connectivity index (χ4n) is 5.39. The summed E-state index contributed by atoms with van der Waals surface area (Å²) >= 11 is 0. The first-order chi connectivity index (χ1) is 18.4. The van der Waals surface area contributed by atoms with Gasteiger partial charge in [0.05, 0.1) is 6.10 Å². The van der Waals surface area contributed by atoms with Crippen LogP contribution in [0.25, 0.3) is 0 Å². The molecule has 0 saturated carbocycles. The fraction of sp³-hybridized carbons (Fsp3) is 0.933. The van der Waals surface area contributed by atoms with Gasteiger partial charge in [-0.1, -0.05) is 103 Å². The molecule has 2 aliphatic rings. The van der Waals surface area contributed by atoms with E-state index < -0.39 is 36.7 Å². The molecule has 0 spiro atoms. The molecule has 8 heteroatoms. The number of esters is 2. The van der Waals surface area contributed by atoms with Gasteiger partial charge in [0.15, 0.2) is 12.4 Å². The molecule has 38 heavy (non-hydrogen) atoms. The Kier molecular flexibility index (Phi) is 17.2. The summed E-state index contributed by atoms with van der Waals surface area (Å²) in [7, 11) is 0. The SMILES string of the molecule is CCCCCCCCCCCCC1CCCCCCCCC(=O)OCC2OC(O1)C(OC(C)=O)C(O)C2O. The summed E-state index contributed by atoms with van der Waals surface area (Å²) in [5.41, 5.74) is 0. The number of cyclic esters (lactones) is 1. The third-order valence-corrected chi connectivity index (χ3v) is 7.72. The Morgan fingerprint density at radius 2 is 1.45 bits per heavy atom. The van der Waals surface area contributed by atoms with Gasteiger partial charge in [-0.2, -0.15) is 0 Å². The number of rotatable bonds is 12. The van der Waals surface area contributed by atoms with Gasteiger partial charge in [0, 0.05) is 13.3 Å². The van der Waals surface area contributed by atoms with Gasteiger partial charge < -0.3 is 29.2 Å². The van der Waals surface area contributed by atoms with Crippen molar-refractivity contribution in [3.05, 3.63) is 0 Å². The Morgan fingerprint density at radius 3 is 2.11 bits per heavy atom. The van der Waals surface area contributed by atoms with Crippen molar-refractivity contribution in [2.24, 2.45) is 0 Å². The summed E-state index contributed by atoms with van der Waals surface area (Å²) in [4.78, 5) is 23.9. The number of carbonyl (C=O) groups excluding carboxylic acids is 2. The van der Waals surface area contributed by atoms with Crippen molar-refractivity contribution in [1.82, 2.24) is 0 Å². The van der Waals surface area contributed by atoms with Crippen LogP contribution in [0, 0.1) is 0 Å². The van der Waals surface area contributed by atoms with Gasteiger partial charge in [-0.05, 0) is 19.3 Å². The number of carbonyl (C=O) groups is 2. The summed E-state index contributed by atoms with van der Waals surface area (Å²) in [5.74, 6) is -0.933. The number of unbranched alkanes of at least 4 members (excludes halogenated alkanes) is 9. The third-order valence-electron chi connectivity index (χ3n) is 7.72. The molecule has 2 heterocycles. The molecule has 2 saturated heterocycles. The minimum Gasteiger partial charge on any atom is -0.463 e. The van der Waals surface area contributed by atoms with Gasteiger partial charge in [-0.3, -0.25) is 9.59 Å². The van der Waals surface area contributed by atoms with E-state index in [2.05, 4.69) is 6.92 Å². The van der Waals surface area contributed by atoms with Gasteiger partial charge in [-0.25, -0.2) is 0 Å². The van der Waals surface area contributed by atoms with Crippen molar-refractivity contribution in [2.75, 3.05) is 6.61 Å². The lowest BCUT2D eigenvalue weighted by atomic mass is 9.98. The van der Waals surface area contributed by atoms with Gasteiger partial charge in [0.2, 0.25) is 0 Å². The zero-order valence-electron chi connectivity index (χ0n) is 24.0. The molecule has 0 aromatic carbocycles. The third kappa shape index (κ3) is 13.2. The molecule has 6 unspecified atom stereocenters. The van der Waals surface area contributed by atoms with Crippen LogP contribution in [0.5, 0.6) is 0 Å². The van der Waals surface area contributed by atoms with Crippen LogP contribution < -0.4 is 0 Å². The van der Waals surface area contributed by atoms with Crippen LogP contribution in [-0.4, -0.2) is 65.6 Å². The minimum absolute atomic E-state index is 0.106. The maximum Gasteiger partial charge on any atom is 0.305 e. The summed E-state index contributed by atoms with van der Waals surface area (Å²) in [5, 5.41) is 21.4. The minimum atomic E-state index is -1.40. The number of fused-ring (bicyclic) bond motifs is 2. The van der Waals surface area contributed by atoms with Crippen molar-refractivity contribution in [2.45, 2.75) is 173 Å². The van der Waals surface area contributed by atoms with E-state index in [0.29, 0.717) is 6.42 Å². The van der Waals surface area contributed by atoms with Crippen LogP contribution in [-0.2, 0) is 28.5 Å². The van der Waals surface area contributed by atoms with Crippen LogP contribution in [0.15, 0.2) is 0 Å². The highest BCUT2D eigenvalue weighted by Gasteiger charge is 2.48. The predicted octanol–water partition coefficient (Wildman–Crippen LogP) is 5.74. The van der Waals surface area contributed by atoms with E-state index in [1.54, 1.807) is 0 Å². The van der Waals surface area contributed by atoms with Gasteiger partial charge in [0.1, 0.15) is 24.9 Å². The van der Waals surface area contributed by atoms with Crippen molar-refractivity contribution in [3.8, 4) is 0 Å². The molecule has 0 amide bonds. The highest BCUT2D eigenvalue weighted by atomic mass is 16.7. The fourth-order valence-corrected chi connectivity index (χ4v) is 5.39. The lowest BCUT2D eigenvalue weighted by Gasteiger charge is -2.42. The predicted molar refractivity (Wildman–Crippen MR) is 145 cm³/mol. The Balaban J connectivity index is 1.95. The largest absolute Gasteiger partial charge is 0.463 e. The Labute approximate surface area is 230 Å². The van der Waals surface area contributed by atoms with Gasteiger partial charge in [0.25, 0.3) is 0 Å². The molecule has 2 aliphatic heterocycles. The van der Waals surface area contributed by atoms with E-state index in [9.17, 15) is 19.8 Å². The molecular formula is C30H54O8. The molecule has 8 nitrogen and oxygen atoms in total. The monoisotopic (exact) mass is 542 g/mol. The molecule has 222 valence electrons. The Hall–Kier alpha value is -1.22. The molecule has 0 aromatic heterocycles. The normalized spacial score (nSPS) is 29.9. The molecule has 2 rings (SSSR count). The van der Waals surface area contributed by atoms with Crippen LogP contribution in [0.4, 0.5) is 0 Å². The molecule has 0 aromatic rings. The maximum atomic E-state index is 12.1. The second-order valence-corrected chi connectivity index (χ2v) is 11.2. The topological polar surface area (TPSA) is 112 Å². The molecule has 2 fully saturated rings. The van der Waals surface area contributed by atoms with Crippen molar-refractivity contribution >= 4 is 11.9 Å². The highest BCUT2D eigenvalue weighted by molar-refractivity contribution is 5.69. The molecule has 0 aliphatic carbocycles. The Bertz CT molecular complexity index is 642. The summed E-state index contributed by atoms with van der Waals surface area (Å²) in [6.07, 6.45) is 14.7. The second kappa shape index (κ2) is 19.8. The average Bonchev–Trinajstić information content (AvgIpc) is 2.89.